The van der Waals surface area contributed by atoms with Gasteiger partial charge in [-0.05, 0) is 13.8 Å². The van der Waals surface area contributed by atoms with Gasteiger partial charge in [0.25, 0.3) is 0 Å². The van der Waals surface area contributed by atoms with E-state index in [1.54, 1.807) is 0 Å². The maximum absolute atomic E-state index is 4.05. The Hall–Kier alpha value is -0.630. The summed E-state index contributed by atoms with van der Waals surface area (Å²) in [5.74, 6) is 0. The zero-order valence-electron chi connectivity index (χ0n) is 6.04. The molecule has 0 N–H and O–H groups in total. The Morgan fingerprint density at radius 3 is 2.22 bits per heavy atom. The van der Waals surface area contributed by atoms with Gasteiger partial charge in [-0.1, -0.05) is 0 Å². The Balaban J connectivity index is 2.69. The molecule has 50 valence electrons. The van der Waals surface area contributed by atoms with Gasteiger partial charge in [-0.15, -0.1) is 0 Å². The number of nitrogens with zero attached hydrogens (tertiary/aromatic N) is 2. The van der Waals surface area contributed by atoms with E-state index in [4.69, 9.17) is 0 Å². The van der Waals surface area contributed by atoms with E-state index in [1.165, 1.54) is 0 Å². The molecule has 0 aromatic rings. The number of hydrogen-bond acceptors (Lipinski definition) is 1. The van der Waals surface area contributed by atoms with E-state index in [9.17, 15) is 0 Å². The van der Waals surface area contributed by atoms with Crippen molar-refractivity contribution in [3.05, 3.63) is 12.4 Å². The van der Waals surface area contributed by atoms with Gasteiger partial charge < -0.3 is 0 Å². The van der Waals surface area contributed by atoms with Gasteiger partial charge in [0.05, 0.1) is 19.3 Å². The summed E-state index contributed by atoms with van der Waals surface area (Å²) >= 11 is 0. The second-order valence-corrected chi connectivity index (χ2v) is 2.30. The monoisotopic (exact) mass is 125 g/mol. The van der Waals surface area contributed by atoms with E-state index < -0.39 is 0 Å². The molecule has 0 saturated heterocycles. The molecule has 1 aliphatic rings. The SMILES string of the molecule is CC[N+]1(CC)C=CN=C1. The summed E-state index contributed by atoms with van der Waals surface area (Å²) in [4.78, 5) is 4.05. The minimum Gasteiger partial charge on any atom is -0.254 e. The Labute approximate surface area is 56.1 Å². The summed E-state index contributed by atoms with van der Waals surface area (Å²) in [5, 5.41) is 0. The third-order valence-electron chi connectivity index (χ3n) is 1.92. The van der Waals surface area contributed by atoms with Crippen LogP contribution in [0.5, 0.6) is 0 Å². The molecule has 9 heavy (non-hydrogen) atoms. The average Bonchev–Trinajstić information content (AvgIpc) is 2.36. The molecule has 0 aliphatic carbocycles. The lowest BCUT2D eigenvalue weighted by Gasteiger charge is -2.23. The summed E-state index contributed by atoms with van der Waals surface area (Å²) in [5.41, 5.74) is 0. The highest BCUT2D eigenvalue weighted by molar-refractivity contribution is 5.50. The van der Waals surface area contributed by atoms with Gasteiger partial charge in [0.1, 0.15) is 6.20 Å². The van der Waals surface area contributed by atoms with Crippen molar-refractivity contribution < 1.29 is 4.48 Å². The quantitative estimate of drug-likeness (QED) is 0.494. The standard InChI is InChI=1S/C7H13N2/c1-3-9(4-2)6-5-8-7-9/h5-7H,3-4H2,1-2H3/q+1. The molecule has 0 saturated carbocycles. The number of aliphatic imine (C=N–C) groups is 1. The molecule has 0 aromatic carbocycles. The smallest absolute Gasteiger partial charge is 0.194 e. The minimum atomic E-state index is 0.917. The van der Waals surface area contributed by atoms with Gasteiger partial charge >= 0.3 is 0 Å². The molecule has 0 unspecified atom stereocenters. The minimum absolute atomic E-state index is 0.917. The van der Waals surface area contributed by atoms with Gasteiger partial charge in [-0.2, -0.15) is 0 Å². The van der Waals surface area contributed by atoms with Crippen LogP contribution in [0.15, 0.2) is 17.4 Å². The third-order valence-corrected chi connectivity index (χ3v) is 1.92. The van der Waals surface area contributed by atoms with Crippen molar-refractivity contribution in [1.29, 1.82) is 0 Å². The van der Waals surface area contributed by atoms with Gasteiger partial charge in [0.2, 0.25) is 0 Å². The van der Waals surface area contributed by atoms with Crippen molar-refractivity contribution in [2.75, 3.05) is 13.1 Å². The van der Waals surface area contributed by atoms with Crippen molar-refractivity contribution in [2.24, 2.45) is 4.99 Å². The highest BCUT2D eigenvalue weighted by Crippen LogP contribution is 2.08. The molecule has 0 radical (unpaired) electrons. The predicted octanol–water partition coefficient (Wildman–Crippen LogP) is 1.36. The molecule has 1 rings (SSSR count). The fraction of sp³-hybridized carbons (Fsp3) is 0.571. The Morgan fingerprint density at radius 2 is 2.00 bits per heavy atom. The average molecular weight is 125 g/mol. The molecule has 0 amide bonds. The zero-order chi connectivity index (χ0) is 6.74. The fourth-order valence-electron chi connectivity index (χ4n) is 0.979. The fourth-order valence-corrected chi connectivity index (χ4v) is 0.979. The third kappa shape index (κ3) is 1.03. The van der Waals surface area contributed by atoms with Crippen LogP contribution in [-0.2, 0) is 0 Å². The summed E-state index contributed by atoms with van der Waals surface area (Å²) < 4.78 is 0.917. The topological polar surface area (TPSA) is 12.4 Å². The second kappa shape index (κ2) is 2.31. The van der Waals surface area contributed by atoms with E-state index in [0.29, 0.717) is 0 Å². The molecule has 1 heterocycles. The van der Waals surface area contributed by atoms with Crippen LogP contribution in [0.4, 0.5) is 0 Å². The van der Waals surface area contributed by atoms with Crippen LogP contribution >= 0.6 is 0 Å². The molecule has 1 aliphatic heterocycles. The highest BCUT2D eigenvalue weighted by atomic mass is 15.4. The maximum Gasteiger partial charge on any atom is 0.194 e. The van der Waals surface area contributed by atoms with E-state index in [2.05, 4.69) is 25.0 Å². The van der Waals surface area contributed by atoms with Gasteiger partial charge in [0, 0.05) is 0 Å². The number of hydrogen-bond donors (Lipinski definition) is 0. The van der Waals surface area contributed by atoms with Crippen molar-refractivity contribution in [3.8, 4) is 0 Å². The van der Waals surface area contributed by atoms with Crippen LogP contribution < -0.4 is 0 Å². The largest absolute Gasteiger partial charge is 0.254 e. The van der Waals surface area contributed by atoms with Crippen molar-refractivity contribution >= 4 is 6.34 Å². The summed E-state index contributed by atoms with van der Waals surface area (Å²) in [7, 11) is 0. The molecular weight excluding hydrogens is 112 g/mol. The highest BCUT2D eigenvalue weighted by Gasteiger charge is 2.19. The molecule has 2 heteroatoms. The first kappa shape index (κ1) is 6.49. The number of rotatable bonds is 2. The number of quaternary nitrogens is 1. The van der Waals surface area contributed by atoms with Crippen LogP contribution in [0.1, 0.15) is 13.8 Å². The van der Waals surface area contributed by atoms with E-state index in [0.717, 1.165) is 17.6 Å². The lowest BCUT2D eigenvalue weighted by Crippen LogP contribution is -2.38. The zero-order valence-corrected chi connectivity index (χ0v) is 6.04. The van der Waals surface area contributed by atoms with Crippen LogP contribution in [0, 0.1) is 0 Å². The van der Waals surface area contributed by atoms with Crippen molar-refractivity contribution in [3.63, 3.8) is 0 Å². The summed E-state index contributed by atoms with van der Waals surface area (Å²) in [6.45, 7) is 6.56. The lowest BCUT2D eigenvalue weighted by molar-refractivity contribution is -0.774. The molecule has 0 spiro atoms. The molecule has 0 bridgehead atoms. The first-order valence-corrected chi connectivity index (χ1v) is 3.41. The lowest BCUT2D eigenvalue weighted by atomic mass is 10.4. The Kier molecular flexibility index (Phi) is 1.67. The van der Waals surface area contributed by atoms with Crippen LogP contribution in [0.25, 0.3) is 0 Å². The van der Waals surface area contributed by atoms with E-state index in [-0.39, 0.29) is 0 Å². The van der Waals surface area contributed by atoms with Crippen LogP contribution in [0.3, 0.4) is 0 Å². The molecular formula is C7H13N2+. The summed E-state index contributed by atoms with van der Waals surface area (Å²) in [6.07, 6.45) is 5.98. The molecule has 2 nitrogen and oxygen atoms in total. The summed E-state index contributed by atoms with van der Waals surface area (Å²) in [6, 6.07) is 0. The van der Waals surface area contributed by atoms with Gasteiger partial charge in [-0.25, -0.2) is 4.99 Å². The van der Waals surface area contributed by atoms with Gasteiger partial charge in [0.15, 0.2) is 6.34 Å². The normalized spacial score (nSPS) is 21.1. The molecule has 0 aromatic heterocycles. The van der Waals surface area contributed by atoms with Gasteiger partial charge in [-0.3, -0.25) is 4.48 Å². The van der Waals surface area contributed by atoms with Crippen molar-refractivity contribution in [2.45, 2.75) is 13.8 Å². The molecule has 0 atom stereocenters. The second-order valence-electron chi connectivity index (χ2n) is 2.30. The van der Waals surface area contributed by atoms with Crippen molar-refractivity contribution in [1.82, 2.24) is 0 Å². The first-order valence-electron chi connectivity index (χ1n) is 3.41. The Bertz CT molecular complexity index is 129. The maximum atomic E-state index is 4.05. The van der Waals surface area contributed by atoms with E-state index >= 15 is 0 Å². The molecule has 0 fully saturated rings. The van der Waals surface area contributed by atoms with Crippen LogP contribution in [-0.4, -0.2) is 23.9 Å². The Morgan fingerprint density at radius 1 is 1.33 bits per heavy atom. The predicted molar refractivity (Wildman–Crippen MR) is 39.0 cm³/mol. The van der Waals surface area contributed by atoms with E-state index in [1.807, 2.05) is 12.5 Å². The first-order chi connectivity index (χ1) is 4.33. The van der Waals surface area contributed by atoms with Crippen LogP contribution in [0.2, 0.25) is 0 Å².